The van der Waals surface area contributed by atoms with Gasteiger partial charge in [-0.05, 0) is 63.4 Å². The Labute approximate surface area is 116 Å². The van der Waals surface area contributed by atoms with E-state index in [-0.39, 0.29) is 0 Å². The Hall–Kier alpha value is -1.06. The monoisotopic (exact) mass is 262 g/mol. The van der Waals surface area contributed by atoms with Crippen molar-refractivity contribution >= 4 is 0 Å². The van der Waals surface area contributed by atoms with Crippen molar-refractivity contribution in [2.45, 2.75) is 38.6 Å². The normalized spacial score (nSPS) is 15.9. The molecule has 1 aliphatic rings. The van der Waals surface area contributed by atoms with Gasteiger partial charge in [0.1, 0.15) is 5.75 Å². The van der Waals surface area contributed by atoms with E-state index >= 15 is 0 Å². The summed E-state index contributed by atoms with van der Waals surface area (Å²) in [5, 5.41) is 0. The van der Waals surface area contributed by atoms with Crippen LogP contribution in [0.1, 0.15) is 36.8 Å². The third kappa shape index (κ3) is 4.22. The summed E-state index contributed by atoms with van der Waals surface area (Å²) in [5.41, 5.74) is 8.28. The van der Waals surface area contributed by atoms with Crippen LogP contribution in [0.4, 0.5) is 0 Å². The highest BCUT2D eigenvalue weighted by Gasteiger charge is 2.14. The topological polar surface area (TPSA) is 38.5 Å². The van der Waals surface area contributed by atoms with Crippen LogP contribution in [0.3, 0.4) is 0 Å². The van der Waals surface area contributed by atoms with Gasteiger partial charge in [0.2, 0.25) is 0 Å². The average Bonchev–Trinajstić information content (AvgIpc) is 2.92. The molecule has 1 aromatic carbocycles. The minimum atomic E-state index is 0.788. The molecule has 1 aliphatic heterocycles. The second-order valence-corrected chi connectivity index (χ2v) is 5.38. The van der Waals surface area contributed by atoms with Crippen LogP contribution in [0.15, 0.2) is 18.2 Å². The van der Waals surface area contributed by atoms with Crippen LogP contribution in [-0.4, -0.2) is 31.6 Å². The number of rotatable bonds is 7. The lowest BCUT2D eigenvalue weighted by Gasteiger charge is -2.17. The summed E-state index contributed by atoms with van der Waals surface area (Å²) in [5.74, 6) is 1.02. The molecule has 1 aromatic rings. The third-order valence-electron chi connectivity index (χ3n) is 3.86. The molecule has 3 heteroatoms. The van der Waals surface area contributed by atoms with E-state index in [0.29, 0.717) is 0 Å². The van der Waals surface area contributed by atoms with E-state index in [2.05, 4.69) is 23.1 Å². The molecule has 0 amide bonds. The maximum absolute atomic E-state index is 5.55. The Morgan fingerprint density at radius 3 is 2.68 bits per heavy atom. The Morgan fingerprint density at radius 2 is 2.00 bits per heavy atom. The summed E-state index contributed by atoms with van der Waals surface area (Å²) in [6.07, 6.45) is 6.06. The molecule has 0 unspecified atom stereocenters. The predicted molar refractivity (Wildman–Crippen MR) is 79.5 cm³/mol. The molecule has 0 saturated carbocycles. The molecule has 0 bridgehead atoms. The summed E-state index contributed by atoms with van der Waals surface area (Å²) >= 11 is 0. The van der Waals surface area contributed by atoms with Gasteiger partial charge in [0.15, 0.2) is 0 Å². The predicted octanol–water partition coefficient (Wildman–Crippen LogP) is 2.57. The number of hydrogen-bond acceptors (Lipinski definition) is 3. The van der Waals surface area contributed by atoms with E-state index < -0.39 is 0 Å². The fourth-order valence-electron chi connectivity index (χ4n) is 2.77. The van der Waals surface area contributed by atoms with Crippen LogP contribution in [-0.2, 0) is 13.0 Å². The molecule has 0 radical (unpaired) electrons. The highest BCUT2D eigenvalue weighted by molar-refractivity contribution is 5.37. The minimum absolute atomic E-state index is 0.788. The van der Waals surface area contributed by atoms with Gasteiger partial charge >= 0.3 is 0 Å². The number of likely N-dealkylation sites (tertiary alicyclic amines) is 1. The lowest BCUT2D eigenvalue weighted by molar-refractivity contribution is 0.320. The molecule has 0 spiro atoms. The van der Waals surface area contributed by atoms with Crippen molar-refractivity contribution < 1.29 is 4.74 Å². The molecule has 2 N–H and O–H groups in total. The van der Waals surface area contributed by atoms with E-state index in [1.54, 1.807) is 7.11 Å². The van der Waals surface area contributed by atoms with Gasteiger partial charge in [-0.25, -0.2) is 0 Å². The number of methoxy groups -OCH3 is 1. The van der Waals surface area contributed by atoms with Gasteiger partial charge in [-0.15, -0.1) is 0 Å². The molecular formula is C16H26N2O. The van der Waals surface area contributed by atoms with Crippen LogP contribution < -0.4 is 10.5 Å². The van der Waals surface area contributed by atoms with Gasteiger partial charge in [-0.2, -0.15) is 0 Å². The summed E-state index contributed by atoms with van der Waals surface area (Å²) in [7, 11) is 1.76. The third-order valence-corrected chi connectivity index (χ3v) is 3.86. The number of nitrogens with zero attached hydrogens (tertiary/aromatic N) is 1. The van der Waals surface area contributed by atoms with Crippen LogP contribution in [0, 0.1) is 0 Å². The van der Waals surface area contributed by atoms with Crippen LogP contribution in [0.2, 0.25) is 0 Å². The number of unbranched alkanes of at least 4 members (excludes halogenated alkanes) is 1. The molecule has 0 atom stereocenters. The highest BCUT2D eigenvalue weighted by atomic mass is 16.5. The van der Waals surface area contributed by atoms with E-state index in [1.165, 1.54) is 43.5 Å². The number of aryl methyl sites for hydroxylation is 1. The van der Waals surface area contributed by atoms with Gasteiger partial charge in [-0.1, -0.05) is 12.1 Å². The summed E-state index contributed by atoms with van der Waals surface area (Å²) in [6.45, 7) is 4.26. The second-order valence-electron chi connectivity index (χ2n) is 5.38. The minimum Gasteiger partial charge on any atom is -0.496 e. The van der Waals surface area contributed by atoms with Crippen molar-refractivity contribution in [1.29, 1.82) is 0 Å². The smallest absolute Gasteiger partial charge is 0.123 e. The quantitative estimate of drug-likeness (QED) is 0.768. The van der Waals surface area contributed by atoms with Gasteiger partial charge in [0.25, 0.3) is 0 Å². The van der Waals surface area contributed by atoms with Gasteiger partial charge < -0.3 is 10.5 Å². The maximum atomic E-state index is 5.55. The zero-order valence-corrected chi connectivity index (χ0v) is 12.0. The van der Waals surface area contributed by atoms with Crippen molar-refractivity contribution in [3.63, 3.8) is 0 Å². The van der Waals surface area contributed by atoms with Gasteiger partial charge in [0.05, 0.1) is 7.11 Å². The number of hydrogen-bond donors (Lipinski definition) is 1. The summed E-state index contributed by atoms with van der Waals surface area (Å²) < 4.78 is 5.49. The number of benzene rings is 1. The molecule has 0 aliphatic carbocycles. The Balaban J connectivity index is 2.02. The molecule has 1 saturated heterocycles. The van der Waals surface area contributed by atoms with E-state index in [4.69, 9.17) is 10.5 Å². The molecule has 3 nitrogen and oxygen atoms in total. The lowest BCUT2D eigenvalue weighted by atomic mass is 10.0. The van der Waals surface area contributed by atoms with Crippen molar-refractivity contribution in [3.8, 4) is 5.75 Å². The second kappa shape index (κ2) is 7.51. The highest BCUT2D eigenvalue weighted by Crippen LogP contribution is 2.24. The zero-order valence-electron chi connectivity index (χ0n) is 12.0. The molecule has 0 aromatic heterocycles. The van der Waals surface area contributed by atoms with E-state index in [0.717, 1.165) is 31.7 Å². The number of ether oxygens (including phenoxy) is 1. The molecular weight excluding hydrogens is 236 g/mol. The maximum Gasteiger partial charge on any atom is 0.123 e. The van der Waals surface area contributed by atoms with Gasteiger partial charge in [-0.3, -0.25) is 4.90 Å². The first-order valence-electron chi connectivity index (χ1n) is 7.41. The Bertz CT molecular complexity index is 386. The van der Waals surface area contributed by atoms with Gasteiger partial charge in [0, 0.05) is 12.1 Å². The zero-order chi connectivity index (χ0) is 13.5. The first-order chi connectivity index (χ1) is 9.33. The molecule has 19 heavy (non-hydrogen) atoms. The average molecular weight is 262 g/mol. The molecule has 106 valence electrons. The SMILES string of the molecule is COc1ccc(CCCCN)cc1CN1CCCC1. The lowest BCUT2D eigenvalue weighted by Crippen LogP contribution is -2.18. The number of nitrogens with two attached hydrogens (primary N) is 1. The Morgan fingerprint density at radius 1 is 1.21 bits per heavy atom. The molecule has 2 rings (SSSR count). The van der Waals surface area contributed by atoms with E-state index in [1.807, 2.05) is 0 Å². The largest absolute Gasteiger partial charge is 0.496 e. The molecule has 1 fully saturated rings. The van der Waals surface area contributed by atoms with Crippen LogP contribution >= 0.6 is 0 Å². The Kier molecular flexibility index (Phi) is 5.67. The molecule has 1 heterocycles. The first-order valence-corrected chi connectivity index (χ1v) is 7.41. The summed E-state index contributed by atoms with van der Waals surface area (Å²) in [6, 6.07) is 6.61. The van der Waals surface area contributed by atoms with Crippen molar-refractivity contribution in [2.75, 3.05) is 26.7 Å². The van der Waals surface area contributed by atoms with Crippen LogP contribution in [0.25, 0.3) is 0 Å². The van der Waals surface area contributed by atoms with Crippen LogP contribution in [0.5, 0.6) is 5.75 Å². The van der Waals surface area contributed by atoms with Crippen molar-refractivity contribution in [1.82, 2.24) is 4.90 Å². The van der Waals surface area contributed by atoms with E-state index in [9.17, 15) is 0 Å². The van der Waals surface area contributed by atoms with Crippen molar-refractivity contribution in [3.05, 3.63) is 29.3 Å². The first kappa shape index (κ1) is 14.4. The fourth-order valence-corrected chi connectivity index (χ4v) is 2.77. The van der Waals surface area contributed by atoms with Crippen molar-refractivity contribution in [2.24, 2.45) is 5.73 Å². The summed E-state index contributed by atoms with van der Waals surface area (Å²) in [4.78, 5) is 2.52. The standard InChI is InChI=1S/C16H26N2O/c1-19-16-8-7-14(6-2-3-9-17)12-15(16)13-18-10-4-5-11-18/h7-8,12H,2-6,9-11,13,17H2,1H3. The fraction of sp³-hybridized carbons (Fsp3) is 0.625.